The summed E-state index contributed by atoms with van der Waals surface area (Å²) in [5.41, 5.74) is 8.61. The van der Waals surface area contributed by atoms with Crippen LogP contribution in [0.5, 0.6) is 0 Å². The van der Waals surface area contributed by atoms with Crippen LogP contribution in [0.25, 0.3) is 33.5 Å². The fraction of sp³-hybridized carbons (Fsp3) is 0.0400. The van der Waals surface area contributed by atoms with Crippen LogP contribution in [-0.4, -0.2) is 43.3 Å². The number of amides is 1. The monoisotopic (exact) mass is 447 g/mol. The number of rotatable bonds is 5. The van der Waals surface area contributed by atoms with Gasteiger partial charge in [0.15, 0.2) is 5.82 Å². The van der Waals surface area contributed by atoms with E-state index in [0.717, 1.165) is 10.9 Å². The molecule has 0 radical (unpaired) electrons. The molecule has 0 bridgehead atoms. The number of nitrogens with one attached hydrogen (secondary N) is 2. The van der Waals surface area contributed by atoms with Crippen LogP contribution >= 0.6 is 0 Å². The maximum atomic E-state index is 13.6. The number of nitrogens with two attached hydrogens (primary N) is 1. The first-order valence-electron chi connectivity index (χ1n) is 10.5. The molecule has 1 amide bonds. The zero-order valence-electron chi connectivity index (χ0n) is 17.7. The number of fused-ring (bicyclic) bond motifs is 2. The molecule has 34 heavy (non-hydrogen) atoms. The zero-order valence-corrected chi connectivity index (χ0v) is 17.7. The van der Waals surface area contributed by atoms with E-state index in [9.17, 15) is 9.59 Å². The number of benzene rings is 3. The number of carbonyl (C=O) groups excluding carboxylic acids is 2. The molecule has 3 aromatic carbocycles. The first-order chi connectivity index (χ1) is 16.6. The Morgan fingerprint density at radius 2 is 1.74 bits per heavy atom. The number of primary amides is 1. The second kappa shape index (κ2) is 7.31. The van der Waals surface area contributed by atoms with Crippen molar-refractivity contribution in [3.05, 3.63) is 84.2 Å². The van der Waals surface area contributed by atoms with Crippen LogP contribution in [0.4, 0.5) is 5.69 Å². The molecular weight excluding hydrogens is 430 g/mol. The number of Topliss-reactive ketones (excluding diaryl/α,β-unsaturated/α-hetero) is 1. The lowest BCUT2D eigenvalue weighted by molar-refractivity contribution is -0.137. The first kappa shape index (κ1) is 19.7. The smallest absolute Gasteiger partial charge is 0.286 e. The number of hydrogen-bond donors (Lipinski definition) is 3. The van der Waals surface area contributed by atoms with E-state index < -0.39 is 17.1 Å². The molecular formula is C25H17N7O2. The van der Waals surface area contributed by atoms with Crippen LogP contribution in [0, 0.1) is 0 Å². The Kier molecular flexibility index (Phi) is 4.24. The third-order valence-corrected chi connectivity index (χ3v) is 6.17. The normalized spacial score (nSPS) is 16.6. The number of nitrogens with zero attached hydrogens (tertiary/aromatic N) is 4. The van der Waals surface area contributed by atoms with Gasteiger partial charge in [-0.3, -0.25) is 24.8 Å². The molecule has 1 atom stereocenters. The Morgan fingerprint density at radius 3 is 2.56 bits per heavy atom. The van der Waals surface area contributed by atoms with Gasteiger partial charge in [-0.15, -0.1) is 0 Å². The van der Waals surface area contributed by atoms with Gasteiger partial charge in [-0.1, -0.05) is 48.5 Å². The van der Waals surface area contributed by atoms with Crippen LogP contribution in [0.1, 0.15) is 11.1 Å². The molecule has 4 N–H and O–H groups in total. The van der Waals surface area contributed by atoms with E-state index in [2.05, 4.69) is 30.4 Å². The maximum absolute atomic E-state index is 13.6. The van der Waals surface area contributed by atoms with E-state index in [-0.39, 0.29) is 0 Å². The summed E-state index contributed by atoms with van der Waals surface area (Å²) in [4.78, 5) is 34.7. The van der Waals surface area contributed by atoms with E-state index >= 15 is 0 Å². The lowest BCUT2D eigenvalue weighted by Gasteiger charge is -2.28. The number of para-hydroxylation sites is 2. The largest absolute Gasteiger partial charge is 0.363 e. The average Bonchev–Trinajstić information content (AvgIpc) is 3.62. The van der Waals surface area contributed by atoms with E-state index in [1.165, 1.54) is 12.5 Å². The molecule has 5 aromatic rings. The Balaban J connectivity index is 1.71. The number of hydrogen-bond acceptors (Lipinski definition) is 6. The van der Waals surface area contributed by atoms with Gasteiger partial charge in [-0.05, 0) is 23.8 Å². The molecule has 0 spiro atoms. The van der Waals surface area contributed by atoms with Crippen molar-refractivity contribution in [2.24, 2.45) is 10.7 Å². The van der Waals surface area contributed by atoms with Crippen LogP contribution in [-0.2, 0) is 15.0 Å². The molecule has 2 aromatic heterocycles. The summed E-state index contributed by atoms with van der Waals surface area (Å²) in [5.74, 6) is -1.31. The molecule has 0 saturated heterocycles. The van der Waals surface area contributed by atoms with Gasteiger partial charge in [-0.25, -0.2) is 4.98 Å². The molecule has 1 aliphatic heterocycles. The summed E-state index contributed by atoms with van der Waals surface area (Å²) < 4.78 is 0. The highest BCUT2D eigenvalue weighted by Gasteiger charge is 2.49. The Bertz CT molecular complexity index is 1620. The van der Waals surface area contributed by atoms with Crippen LogP contribution in [0.2, 0.25) is 0 Å². The molecule has 0 aliphatic carbocycles. The molecule has 164 valence electrons. The van der Waals surface area contributed by atoms with E-state index in [1.54, 1.807) is 18.2 Å². The summed E-state index contributed by atoms with van der Waals surface area (Å²) in [5, 5.41) is 15.2. The van der Waals surface area contributed by atoms with Crippen molar-refractivity contribution >= 4 is 34.5 Å². The average molecular weight is 447 g/mol. The second-order valence-electron chi connectivity index (χ2n) is 7.99. The predicted octanol–water partition coefficient (Wildman–Crippen LogP) is 3.07. The number of H-pyrrole nitrogens is 2. The zero-order chi connectivity index (χ0) is 23.3. The van der Waals surface area contributed by atoms with Crippen molar-refractivity contribution in [2.45, 2.75) is 5.41 Å². The SMILES string of the molecule is NC(=O)C(=O)C1(c2cc(-c3ncn[nH]3)ccc2-c2n[nH]c3ccccc23)C=Nc2ccccc21. The van der Waals surface area contributed by atoms with Crippen molar-refractivity contribution in [3.8, 4) is 22.6 Å². The lowest BCUT2D eigenvalue weighted by Crippen LogP contribution is -2.45. The van der Waals surface area contributed by atoms with Gasteiger partial charge in [-0.2, -0.15) is 10.2 Å². The molecule has 3 heterocycles. The van der Waals surface area contributed by atoms with Gasteiger partial charge < -0.3 is 5.73 Å². The Labute approximate surface area is 192 Å². The minimum absolute atomic E-state index is 0.518. The van der Waals surface area contributed by atoms with Gasteiger partial charge in [0.1, 0.15) is 17.4 Å². The molecule has 0 fully saturated rings. The van der Waals surface area contributed by atoms with E-state index in [4.69, 9.17) is 5.73 Å². The third kappa shape index (κ3) is 2.73. The highest BCUT2D eigenvalue weighted by atomic mass is 16.2. The predicted molar refractivity (Wildman–Crippen MR) is 126 cm³/mol. The van der Waals surface area contributed by atoms with Crippen molar-refractivity contribution in [3.63, 3.8) is 0 Å². The quantitative estimate of drug-likeness (QED) is 0.355. The standard InChI is InChI=1S/C25H17N7O2/c26-23(34)22(33)25(12-27-20-8-4-2-6-17(20)25)18-11-14(24-28-13-29-32-24)9-10-15(18)21-16-5-1-3-7-19(16)30-31-21/h1-13H,(H2,26,34)(H,30,31)(H,28,29,32). The maximum Gasteiger partial charge on any atom is 0.286 e. The first-order valence-corrected chi connectivity index (χ1v) is 10.5. The molecule has 9 nitrogen and oxygen atoms in total. The Hall–Kier alpha value is -4.92. The van der Waals surface area contributed by atoms with Gasteiger partial charge in [0.05, 0.1) is 11.2 Å². The second-order valence-corrected chi connectivity index (χ2v) is 7.99. The third-order valence-electron chi connectivity index (χ3n) is 6.17. The number of carbonyl (C=O) groups is 2. The fourth-order valence-corrected chi connectivity index (χ4v) is 4.61. The van der Waals surface area contributed by atoms with Gasteiger partial charge >= 0.3 is 0 Å². The number of aliphatic imine (C=N–C) groups is 1. The van der Waals surface area contributed by atoms with Crippen molar-refractivity contribution in [1.82, 2.24) is 25.4 Å². The van der Waals surface area contributed by atoms with Gasteiger partial charge in [0.25, 0.3) is 5.91 Å². The number of aromatic amines is 2. The van der Waals surface area contributed by atoms with Gasteiger partial charge in [0.2, 0.25) is 5.78 Å². The van der Waals surface area contributed by atoms with Crippen LogP contribution in [0.15, 0.2) is 78.0 Å². The highest BCUT2D eigenvalue weighted by Crippen LogP contribution is 2.47. The Morgan fingerprint density at radius 1 is 0.912 bits per heavy atom. The van der Waals surface area contributed by atoms with Gasteiger partial charge in [0, 0.05) is 28.3 Å². The molecule has 1 unspecified atom stereocenters. The summed E-state index contributed by atoms with van der Waals surface area (Å²) in [6.45, 7) is 0. The molecule has 6 rings (SSSR count). The highest BCUT2D eigenvalue weighted by molar-refractivity contribution is 6.45. The lowest BCUT2D eigenvalue weighted by atomic mass is 9.70. The van der Waals surface area contributed by atoms with Crippen molar-refractivity contribution < 1.29 is 9.59 Å². The summed E-state index contributed by atoms with van der Waals surface area (Å²) in [6, 6.07) is 20.5. The topological polar surface area (TPSA) is 143 Å². The molecule has 1 aliphatic rings. The minimum Gasteiger partial charge on any atom is -0.363 e. The summed E-state index contributed by atoms with van der Waals surface area (Å²) in [7, 11) is 0. The summed E-state index contributed by atoms with van der Waals surface area (Å²) >= 11 is 0. The fourth-order valence-electron chi connectivity index (χ4n) is 4.61. The number of ketones is 1. The molecule has 9 heteroatoms. The van der Waals surface area contributed by atoms with E-state index in [1.807, 2.05) is 48.5 Å². The van der Waals surface area contributed by atoms with Crippen molar-refractivity contribution in [1.29, 1.82) is 0 Å². The van der Waals surface area contributed by atoms with Crippen LogP contribution < -0.4 is 5.73 Å². The van der Waals surface area contributed by atoms with E-state index in [0.29, 0.717) is 39.5 Å². The molecule has 0 saturated carbocycles. The minimum atomic E-state index is -1.52. The summed E-state index contributed by atoms with van der Waals surface area (Å²) in [6.07, 6.45) is 2.91. The van der Waals surface area contributed by atoms with Crippen LogP contribution in [0.3, 0.4) is 0 Å². The van der Waals surface area contributed by atoms with Crippen molar-refractivity contribution in [2.75, 3.05) is 0 Å². The number of aromatic nitrogens is 5.